The molecule has 2 saturated heterocycles. The molecule has 37 heavy (non-hydrogen) atoms. The zero-order valence-electron chi connectivity index (χ0n) is 21.1. The van der Waals surface area contributed by atoms with Crippen LogP contribution in [0.3, 0.4) is 0 Å². The minimum atomic E-state index is -0.639. The average Bonchev–Trinajstić information content (AvgIpc) is 3.21. The predicted octanol–water partition coefficient (Wildman–Crippen LogP) is 5.42. The Morgan fingerprint density at radius 1 is 1.00 bits per heavy atom. The fourth-order valence-electron chi connectivity index (χ4n) is 5.37. The molecular weight excluding hydrogens is 476 g/mol. The van der Waals surface area contributed by atoms with Crippen LogP contribution in [-0.4, -0.2) is 50.8 Å². The van der Waals surface area contributed by atoms with Crippen LogP contribution in [0, 0.1) is 24.0 Å². The van der Waals surface area contributed by atoms with Gasteiger partial charge in [-0.2, -0.15) is 0 Å². The minimum Gasteiger partial charge on any atom is -0.380 e. The Morgan fingerprint density at radius 3 is 2.43 bits per heavy atom. The molecule has 0 aliphatic carbocycles. The third kappa shape index (κ3) is 4.29. The number of imidazole rings is 1. The summed E-state index contributed by atoms with van der Waals surface area (Å²) in [5.74, 6) is 0.253. The highest BCUT2D eigenvalue weighted by Gasteiger charge is 2.41. The zero-order valence-corrected chi connectivity index (χ0v) is 21.1. The first kappa shape index (κ1) is 23.7. The van der Waals surface area contributed by atoms with Crippen molar-refractivity contribution in [2.45, 2.75) is 39.7 Å². The van der Waals surface area contributed by atoms with E-state index in [0.717, 1.165) is 51.0 Å². The van der Waals surface area contributed by atoms with Crippen LogP contribution in [0.5, 0.6) is 0 Å². The van der Waals surface area contributed by atoms with Crippen molar-refractivity contribution in [1.29, 1.82) is 0 Å². The van der Waals surface area contributed by atoms with E-state index in [2.05, 4.69) is 30.2 Å². The lowest BCUT2D eigenvalue weighted by atomic mass is 9.77. The van der Waals surface area contributed by atoms with Crippen molar-refractivity contribution in [2.75, 3.05) is 36.5 Å². The van der Waals surface area contributed by atoms with Crippen molar-refractivity contribution in [3.05, 3.63) is 54.1 Å². The van der Waals surface area contributed by atoms with Gasteiger partial charge in [0.05, 0.1) is 36.8 Å². The summed E-state index contributed by atoms with van der Waals surface area (Å²) in [6, 6.07) is 6.92. The molecule has 0 amide bonds. The molecule has 1 N–H and O–H groups in total. The molecule has 5 heterocycles. The number of piperidine rings is 1. The number of halogens is 2. The summed E-state index contributed by atoms with van der Waals surface area (Å²) in [5, 5.41) is 3.04. The van der Waals surface area contributed by atoms with Gasteiger partial charge in [-0.15, -0.1) is 0 Å². The summed E-state index contributed by atoms with van der Waals surface area (Å²) < 4.78 is 37.1. The number of benzene rings is 1. The number of anilines is 3. The Hall–Kier alpha value is -3.66. The van der Waals surface area contributed by atoms with E-state index in [-0.39, 0.29) is 23.2 Å². The second kappa shape index (κ2) is 9.02. The first-order valence-electron chi connectivity index (χ1n) is 12.6. The maximum absolute atomic E-state index is 14.9. The second-order valence-corrected chi connectivity index (χ2v) is 10.3. The molecular formula is C27H29F2N7O. The van der Waals surface area contributed by atoms with Crippen molar-refractivity contribution in [3.8, 4) is 11.3 Å². The highest BCUT2D eigenvalue weighted by Crippen LogP contribution is 2.39. The van der Waals surface area contributed by atoms with Gasteiger partial charge in [-0.05, 0) is 57.9 Å². The molecule has 3 aromatic heterocycles. The number of ether oxygens (including phenoxy) is 1. The summed E-state index contributed by atoms with van der Waals surface area (Å²) in [7, 11) is 0. The van der Waals surface area contributed by atoms with E-state index < -0.39 is 11.6 Å². The van der Waals surface area contributed by atoms with E-state index in [1.807, 2.05) is 43.7 Å². The van der Waals surface area contributed by atoms with Crippen molar-refractivity contribution < 1.29 is 13.5 Å². The van der Waals surface area contributed by atoms with E-state index in [1.54, 1.807) is 6.07 Å². The molecule has 1 spiro atoms. The minimum absolute atomic E-state index is 0.00583. The van der Waals surface area contributed by atoms with Crippen LogP contribution >= 0.6 is 0 Å². The normalized spacial score (nSPS) is 17.0. The van der Waals surface area contributed by atoms with Crippen molar-refractivity contribution in [2.24, 2.45) is 5.41 Å². The van der Waals surface area contributed by atoms with Gasteiger partial charge >= 0.3 is 0 Å². The van der Waals surface area contributed by atoms with Crippen LogP contribution in [0.2, 0.25) is 0 Å². The number of fused-ring (bicyclic) bond motifs is 1. The maximum Gasteiger partial charge on any atom is 0.229 e. The SMILES string of the molecule is Cc1nc2c(F)cc(-c3nc(Nc4ccc(N5CCC6(CC5)COC6)cn4)ncc3F)cc2n1C(C)C. The van der Waals surface area contributed by atoms with E-state index in [4.69, 9.17) is 4.74 Å². The Labute approximate surface area is 213 Å². The smallest absolute Gasteiger partial charge is 0.229 e. The molecule has 6 rings (SSSR count). The van der Waals surface area contributed by atoms with Crippen molar-refractivity contribution in [3.63, 3.8) is 0 Å². The molecule has 0 saturated carbocycles. The Balaban J connectivity index is 1.23. The largest absolute Gasteiger partial charge is 0.380 e. The average molecular weight is 506 g/mol. The van der Waals surface area contributed by atoms with E-state index >= 15 is 0 Å². The van der Waals surface area contributed by atoms with Gasteiger partial charge in [-0.25, -0.2) is 28.7 Å². The van der Waals surface area contributed by atoms with E-state index in [9.17, 15) is 8.78 Å². The third-order valence-corrected chi connectivity index (χ3v) is 7.45. The molecule has 1 aromatic carbocycles. The summed E-state index contributed by atoms with van der Waals surface area (Å²) in [6.07, 6.45) is 5.16. The Bertz CT molecular complexity index is 1450. The number of rotatable bonds is 5. The number of nitrogens with zero attached hydrogens (tertiary/aromatic N) is 6. The number of hydrogen-bond donors (Lipinski definition) is 1. The Morgan fingerprint density at radius 2 is 1.78 bits per heavy atom. The number of pyridine rings is 1. The van der Waals surface area contributed by atoms with Gasteiger partial charge in [0.15, 0.2) is 11.6 Å². The monoisotopic (exact) mass is 505 g/mol. The molecule has 192 valence electrons. The van der Waals surface area contributed by atoms with Crippen LogP contribution in [0.1, 0.15) is 38.6 Å². The first-order valence-corrected chi connectivity index (χ1v) is 12.6. The second-order valence-electron chi connectivity index (χ2n) is 10.3. The summed E-state index contributed by atoms with van der Waals surface area (Å²) in [4.78, 5) is 19.6. The number of aromatic nitrogens is 5. The fourth-order valence-corrected chi connectivity index (χ4v) is 5.37. The maximum atomic E-state index is 14.9. The van der Waals surface area contributed by atoms with Gasteiger partial charge in [-0.3, -0.25) is 0 Å². The standard InChI is InChI=1S/C27H29F2N7O/c1-16(2)36-17(3)32-25-20(28)10-18(11-22(25)36)24-21(29)13-31-26(34-24)33-23-5-4-19(12-30-23)35-8-6-27(7-9-35)14-37-15-27/h4-5,10-13,16H,6-9,14-15H2,1-3H3,(H,30,31,33,34). The van der Waals surface area contributed by atoms with Crippen LogP contribution < -0.4 is 10.2 Å². The van der Waals surface area contributed by atoms with E-state index in [1.165, 1.54) is 6.07 Å². The van der Waals surface area contributed by atoms with Crippen LogP contribution in [0.15, 0.2) is 36.7 Å². The lowest BCUT2D eigenvalue weighted by Crippen LogP contribution is -2.50. The van der Waals surface area contributed by atoms with Gasteiger partial charge < -0.3 is 19.5 Å². The zero-order chi connectivity index (χ0) is 25.7. The predicted molar refractivity (Wildman–Crippen MR) is 138 cm³/mol. The van der Waals surface area contributed by atoms with Crippen LogP contribution in [0.4, 0.5) is 26.2 Å². The third-order valence-electron chi connectivity index (χ3n) is 7.45. The van der Waals surface area contributed by atoms with Gasteiger partial charge in [0.25, 0.3) is 0 Å². The Kier molecular flexibility index (Phi) is 5.78. The highest BCUT2D eigenvalue weighted by molar-refractivity contribution is 5.83. The van der Waals surface area contributed by atoms with Crippen LogP contribution in [-0.2, 0) is 4.74 Å². The fraction of sp³-hybridized carbons (Fsp3) is 0.407. The first-order chi connectivity index (χ1) is 17.8. The quantitative estimate of drug-likeness (QED) is 0.388. The number of hydrogen-bond acceptors (Lipinski definition) is 7. The lowest BCUT2D eigenvalue weighted by Gasteiger charge is -2.47. The van der Waals surface area contributed by atoms with Gasteiger partial charge in [-0.1, -0.05) is 0 Å². The molecule has 0 bridgehead atoms. The summed E-state index contributed by atoms with van der Waals surface area (Å²) in [5.41, 5.74) is 2.62. The number of aryl methyl sites for hydroxylation is 1. The lowest BCUT2D eigenvalue weighted by molar-refractivity contribution is -0.124. The van der Waals surface area contributed by atoms with E-state index in [0.29, 0.717) is 28.1 Å². The van der Waals surface area contributed by atoms with Crippen molar-refractivity contribution >= 4 is 28.5 Å². The topological polar surface area (TPSA) is 81.0 Å². The van der Waals surface area contributed by atoms with Crippen molar-refractivity contribution in [1.82, 2.24) is 24.5 Å². The molecule has 2 aliphatic heterocycles. The van der Waals surface area contributed by atoms with Crippen LogP contribution in [0.25, 0.3) is 22.3 Å². The molecule has 10 heteroatoms. The van der Waals surface area contributed by atoms with Gasteiger partial charge in [0, 0.05) is 30.1 Å². The molecule has 8 nitrogen and oxygen atoms in total. The highest BCUT2D eigenvalue weighted by atomic mass is 19.1. The summed E-state index contributed by atoms with van der Waals surface area (Å²) >= 11 is 0. The summed E-state index contributed by atoms with van der Waals surface area (Å²) in [6.45, 7) is 9.55. The molecule has 0 unspecified atom stereocenters. The molecule has 0 atom stereocenters. The molecule has 2 fully saturated rings. The molecule has 4 aromatic rings. The molecule has 2 aliphatic rings. The van der Waals surface area contributed by atoms with Gasteiger partial charge in [0.1, 0.15) is 22.9 Å². The number of nitrogens with one attached hydrogen (secondary N) is 1. The molecule has 0 radical (unpaired) electrons. The van der Waals surface area contributed by atoms with Gasteiger partial charge in [0.2, 0.25) is 5.95 Å².